The number of halogens is 1. The molecule has 1 aromatic carbocycles. The zero-order chi connectivity index (χ0) is 13.7. The number of carbonyl (C=O) groups is 1. The highest BCUT2D eigenvalue weighted by Crippen LogP contribution is 2.27. The Kier molecular flexibility index (Phi) is 7.03. The number of nitrogens with one attached hydrogen (secondary N) is 2. The first-order chi connectivity index (χ1) is 9.16. The van der Waals surface area contributed by atoms with E-state index in [9.17, 15) is 4.79 Å². The molecule has 1 fully saturated rings. The lowest BCUT2D eigenvalue weighted by Crippen LogP contribution is -2.41. The molecule has 112 valence electrons. The van der Waals surface area contributed by atoms with Crippen molar-refractivity contribution in [1.29, 1.82) is 0 Å². The van der Waals surface area contributed by atoms with Crippen molar-refractivity contribution in [1.82, 2.24) is 10.6 Å². The number of benzene rings is 1. The summed E-state index contributed by atoms with van der Waals surface area (Å²) < 4.78 is 0. The van der Waals surface area contributed by atoms with E-state index in [1.807, 2.05) is 18.2 Å². The Morgan fingerprint density at radius 2 is 1.90 bits per heavy atom. The number of carbonyl (C=O) groups excluding carboxylic acids is 1. The summed E-state index contributed by atoms with van der Waals surface area (Å²) >= 11 is 0. The van der Waals surface area contributed by atoms with Gasteiger partial charge < -0.3 is 10.6 Å². The second-order valence-electron chi connectivity index (χ2n) is 5.63. The summed E-state index contributed by atoms with van der Waals surface area (Å²) in [5.41, 5.74) is 1.27. The molecule has 0 aromatic heterocycles. The van der Waals surface area contributed by atoms with Gasteiger partial charge in [-0.25, -0.2) is 0 Å². The van der Waals surface area contributed by atoms with Gasteiger partial charge in [-0.3, -0.25) is 4.79 Å². The maximum atomic E-state index is 11.8. The Hall–Kier alpha value is -1.06. The fourth-order valence-electron chi connectivity index (χ4n) is 2.19. The molecule has 0 spiro atoms. The van der Waals surface area contributed by atoms with Crippen molar-refractivity contribution >= 4 is 18.3 Å². The van der Waals surface area contributed by atoms with E-state index in [1.54, 1.807) is 0 Å². The van der Waals surface area contributed by atoms with Crippen LogP contribution >= 0.6 is 12.4 Å². The van der Waals surface area contributed by atoms with Crippen LogP contribution in [0.5, 0.6) is 0 Å². The molecule has 4 heteroatoms. The topological polar surface area (TPSA) is 41.1 Å². The van der Waals surface area contributed by atoms with Gasteiger partial charge in [-0.2, -0.15) is 0 Å². The van der Waals surface area contributed by atoms with Crippen LogP contribution in [0.2, 0.25) is 0 Å². The molecule has 0 heterocycles. The van der Waals surface area contributed by atoms with Crippen LogP contribution in [-0.4, -0.2) is 25.0 Å². The summed E-state index contributed by atoms with van der Waals surface area (Å²) in [7, 11) is 0. The van der Waals surface area contributed by atoms with E-state index < -0.39 is 0 Å². The van der Waals surface area contributed by atoms with Gasteiger partial charge >= 0.3 is 0 Å². The van der Waals surface area contributed by atoms with Gasteiger partial charge in [0, 0.05) is 12.0 Å². The minimum absolute atomic E-state index is 0. The molecule has 1 aliphatic rings. The van der Waals surface area contributed by atoms with E-state index in [1.165, 1.54) is 18.4 Å². The highest BCUT2D eigenvalue weighted by atomic mass is 35.5. The lowest BCUT2D eigenvalue weighted by molar-refractivity contribution is -0.120. The molecule has 2 unspecified atom stereocenters. The van der Waals surface area contributed by atoms with Gasteiger partial charge in [-0.15, -0.1) is 12.4 Å². The molecule has 3 nitrogen and oxygen atoms in total. The molecule has 1 aliphatic carbocycles. The third-order valence-electron chi connectivity index (χ3n) is 3.88. The summed E-state index contributed by atoms with van der Waals surface area (Å²) in [5.74, 6) is 1.23. The van der Waals surface area contributed by atoms with Crippen LogP contribution in [0.15, 0.2) is 30.3 Å². The quantitative estimate of drug-likeness (QED) is 0.812. The Balaban J connectivity index is 0.00000200. The highest BCUT2D eigenvalue weighted by Gasteiger charge is 2.21. The van der Waals surface area contributed by atoms with E-state index in [-0.39, 0.29) is 24.4 Å². The number of hydrogen-bond donors (Lipinski definition) is 2. The van der Waals surface area contributed by atoms with Crippen LogP contribution in [0, 0.1) is 5.92 Å². The van der Waals surface area contributed by atoms with Gasteiger partial charge in [0.15, 0.2) is 0 Å². The van der Waals surface area contributed by atoms with Gasteiger partial charge in [0.2, 0.25) is 5.91 Å². The normalized spacial score (nSPS) is 16.9. The predicted octanol–water partition coefficient (Wildman–Crippen LogP) is 2.72. The Morgan fingerprint density at radius 3 is 2.50 bits per heavy atom. The zero-order valence-corrected chi connectivity index (χ0v) is 13.1. The molecule has 0 radical (unpaired) electrons. The SMILES string of the molecule is CC(NC(=O)CNCC1CC1)C(C)c1ccccc1.Cl. The minimum atomic E-state index is 0. The van der Waals surface area contributed by atoms with Crippen LogP contribution in [0.3, 0.4) is 0 Å². The van der Waals surface area contributed by atoms with Crippen molar-refractivity contribution < 1.29 is 4.79 Å². The maximum Gasteiger partial charge on any atom is 0.234 e. The second kappa shape index (κ2) is 8.28. The third kappa shape index (κ3) is 5.51. The predicted molar refractivity (Wildman–Crippen MR) is 85.3 cm³/mol. The fourth-order valence-corrected chi connectivity index (χ4v) is 2.19. The van der Waals surface area contributed by atoms with Gasteiger partial charge in [0.05, 0.1) is 6.54 Å². The smallest absolute Gasteiger partial charge is 0.234 e. The van der Waals surface area contributed by atoms with Crippen molar-refractivity contribution in [2.24, 2.45) is 5.92 Å². The monoisotopic (exact) mass is 296 g/mol. The van der Waals surface area contributed by atoms with Crippen molar-refractivity contribution in [2.75, 3.05) is 13.1 Å². The Bertz CT molecular complexity index is 406. The third-order valence-corrected chi connectivity index (χ3v) is 3.88. The van der Waals surface area contributed by atoms with Crippen molar-refractivity contribution in [3.8, 4) is 0 Å². The first-order valence-corrected chi connectivity index (χ1v) is 7.22. The van der Waals surface area contributed by atoms with E-state index in [4.69, 9.17) is 0 Å². The molecular formula is C16H25ClN2O. The first kappa shape index (κ1) is 17.0. The summed E-state index contributed by atoms with van der Waals surface area (Å²) in [6.07, 6.45) is 2.63. The average Bonchev–Trinajstić information content (AvgIpc) is 3.23. The summed E-state index contributed by atoms with van der Waals surface area (Å²) in [4.78, 5) is 11.8. The van der Waals surface area contributed by atoms with Gasteiger partial charge in [-0.1, -0.05) is 37.3 Å². The Morgan fingerprint density at radius 1 is 1.25 bits per heavy atom. The fraction of sp³-hybridized carbons (Fsp3) is 0.562. The van der Waals surface area contributed by atoms with Crippen LogP contribution < -0.4 is 10.6 Å². The van der Waals surface area contributed by atoms with Gasteiger partial charge in [0.25, 0.3) is 0 Å². The minimum Gasteiger partial charge on any atom is -0.352 e. The van der Waals surface area contributed by atoms with Crippen molar-refractivity contribution in [2.45, 2.75) is 38.6 Å². The molecule has 0 saturated heterocycles. The zero-order valence-electron chi connectivity index (χ0n) is 12.3. The Labute approximate surface area is 127 Å². The molecule has 1 amide bonds. The molecule has 1 saturated carbocycles. The summed E-state index contributed by atoms with van der Waals surface area (Å²) in [6, 6.07) is 10.5. The number of rotatable bonds is 7. The van der Waals surface area contributed by atoms with E-state index in [0.29, 0.717) is 12.5 Å². The average molecular weight is 297 g/mol. The van der Waals surface area contributed by atoms with E-state index in [0.717, 1.165) is 12.5 Å². The molecule has 2 N–H and O–H groups in total. The molecular weight excluding hydrogens is 272 g/mol. The van der Waals surface area contributed by atoms with E-state index in [2.05, 4.69) is 36.6 Å². The van der Waals surface area contributed by atoms with Crippen LogP contribution in [-0.2, 0) is 4.79 Å². The number of amides is 1. The van der Waals surface area contributed by atoms with Crippen LogP contribution in [0.4, 0.5) is 0 Å². The van der Waals surface area contributed by atoms with Gasteiger partial charge in [-0.05, 0) is 37.8 Å². The number of hydrogen-bond acceptors (Lipinski definition) is 2. The lowest BCUT2D eigenvalue weighted by Gasteiger charge is -2.21. The molecule has 0 bridgehead atoms. The van der Waals surface area contributed by atoms with Crippen molar-refractivity contribution in [3.63, 3.8) is 0 Å². The van der Waals surface area contributed by atoms with Crippen LogP contribution in [0.25, 0.3) is 0 Å². The summed E-state index contributed by atoms with van der Waals surface area (Å²) in [6.45, 7) is 5.63. The first-order valence-electron chi connectivity index (χ1n) is 7.22. The molecule has 1 aromatic rings. The standard InChI is InChI=1S/C16H24N2O.ClH/c1-12(15-6-4-3-5-7-15)13(2)18-16(19)11-17-10-14-8-9-14;/h3-7,12-14,17H,8-11H2,1-2H3,(H,18,19);1H. The largest absolute Gasteiger partial charge is 0.352 e. The molecule has 2 atom stereocenters. The van der Waals surface area contributed by atoms with Crippen molar-refractivity contribution in [3.05, 3.63) is 35.9 Å². The maximum absolute atomic E-state index is 11.8. The molecule has 20 heavy (non-hydrogen) atoms. The van der Waals surface area contributed by atoms with Gasteiger partial charge in [0.1, 0.15) is 0 Å². The highest BCUT2D eigenvalue weighted by molar-refractivity contribution is 5.85. The van der Waals surface area contributed by atoms with E-state index >= 15 is 0 Å². The lowest BCUT2D eigenvalue weighted by atomic mass is 9.94. The molecule has 2 rings (SSSR count). The second-order valence-corrected chi connectivity index (χ2v) is 5.63. The van der Waals surface area contributed by atoms with Crippen LogP contribution in [0.1, 0.15) is 38.2 Å². The molecule has 0 aliphatic heterocycles. The summed E-state index contributed by atoms with van der Waals surface area (Å²) in [5, 5.41) is 6.29.